The highest BCUT2D eigenvalue weighted by Crippen LogP contribution is 2.41. The van der Waals surface area contributed by atoms with Crippen LogP contribution < -0.4 is 4.90 Å². The molecule has 2 aliphatic rings. The quantitative estimate of drug-likeness (QED) is 0.712. The lowest BCUT2D eigenvalue weighted by Crippen LogP contribution is -2.60. The smallest absolute Gasteiger partial charge is 0.410 e. The van der Waals surface area contributed by atoms with E-state index in [1.165, 1.54) is 0 Å². The molecule has 32 heavy (non-hydrogen) atoms. The van der Waals surface area contributed by atoms with Gasteiger partial charge in [-0.15, -0.1) is 0 Å². The third-order valence-electron chi connectivity index (χ3n) is 6.37. The summed E-state index contributed by atoms with van der Waals surface area (Å²) < 4.78 is 5.55. The van der Waals surface area contributed by atoms with Crippen molar-refractivity contribution in [1.29, 1.82) is 5.26 Å². The van der Waals surface area contributed by atoms with E-state index in [2.05, 4.69) is 24.8 Å². The number of nitriles is 1. The van der Waals surface area contributed by atoms with Crippen molar-refractivity contribution in [2.45, 2.75) is 78.0 Å². The summed E-state index contributed by atoms with van der Waals surface area (Å²) in [6.45, 7) is 16.3. The monoisotopic (exact) mass is 440 g/mol. The Morgan fingerprint density at radius 1 is 1.28 bits per heavy atom. The highest BCUT2D eigenvalue weighted by molar-refractivity contribution is 6.00. The first kappa shape index (κ1) is 24.1. The molecule has 1 fully saturated rings. The Hall–Kier alpha value is -2.59. The van der Waals surface area contributed by atoms with Crippen LogP contribution in [0.15, 0.2) is 18.2 Å². The number of anilines is 1. The van der Waals surface area contributed by atoms with Crippen LogP contribution in [0.1, 0.15) is 66.0 Å². The van der Waals surface area contributed by atoms with Gasteiger partial charge in [0, 0.05) is 43.3 Å². The van der Waals surface area contributed by atoms with Crippen molar-refractivity contribution >= 4 is 17.7 Å². The minimum absolute atomic E-state index is 0.0482. The Bertz CT molecular complexity index is 928. The van der Waals surface area contributed by atoms with Gasteiger partial charge in [0.05, 0.1) is 17.7 Å². The highest BCUT2D eigenvalue weighted by atomic mass is 16.6. The van der Waals surface area contributed by atoms with E-state index >= 15 is 0 Å². The predicted molar refractivity (Wildman–Crippen MR) is 125 cm³/mol. The van der Waals surface area contributed by atoms with Gasteiger partial charge in [-0.05, 0) is 51.8 Å². The third-order valence-corrected chi connectivity index (χ3v) is 6.37. The number of benzene rings is 1. The maximum Gasteiger partial charge on any atom is 0.410 e. The van der Waals surface area contributed by atoms with E-state index in [1.807, 2.05) is 57.7 Å². The number of piperazine rings is 1. The molecule has 1 aromatic rings. The van der Waals surface area contributed by atoms with E-state index in [1.54, 1.807) is 4.90 Å². The molecule has 0 spiro atoms. The Labute approximate surface area is 191 Å². The van der Waals surface area contributed by atoms with Crippen LogP contribution in [-0.4, -0.2) is 65.7 Å². The standard InChI is InChI=1S/C25H36N4O3/c1-8-20(27-11-12-28(17(2)15-27)23(31)32-24(3,4)5)22(30)29-16-25(6,7)19-10-9-18(14-26)13-21(19)29/h9-10,13,17,20H,8,11-12,15-16H2,1-7H3/t17?,20-/m0/s1. The maximum absolute atomic E-state index is 13.7. The van der Waals surface area contributed by atoms with Gasteiger partial charge in [0.1, 0.15) is 5.60 Å². The van der Waals surface area contributed by atoms with Crippen LogP contribution in [0.3, 0.4) is 0 Å². The molecule has 0 aromatic heterocycles. The lowest BCUT2D eigenvalue weighted by Gasteiger charge is -2.43. The Morgan fingerprint density at radius 3 is 2.53 bits per heavy atom. The molecule has 1 aromatic carbocycles. The number of hydrogen-bond acceptors (Lipinski definition) is 5. The normalized spacial score (nSPS) is 21.6. The number of ether oxygens (including phenoxy) is 1. The molecule has 0 N–H and O–H groups in total. The average Bonchev–Trinajstić information content (AvgIpc) is 2.97. The summed E-state index contributed by atoms with van der Waals surface area (Å²) in [5, 5.41) is 9.35. The van der Waals surface area contributed by atoms with Crippen molar-refractivity contribution in [2.24, 2.45) is 0 Å². The summed E-state index contributed by atoms with van der Waals surface area (Å²) >= 11 is 0. The molecular formula is C25H36N4O3. The summed E-state index contributed by atoms with van der Waals surface area (Å²) in [6.07, 6.45) is 0.380. The first-order chi connectivity index (χ1) is 14.9. The van der Waals surface area contributed by atoms with Gasteiger partial charge in [-0.1, -0.05) is 26.8 Å². The molecule has 174 valence electrons. The molecule has 1 unspecified atom stereocenters. The second-order valence-corrected chi connectivity index (χ2v) is 10.6. The fraction of sp³-hybridized carbons (Fsp3) is 0.640. The fourth-order valence-electron chi connectivity index (χ4n) is 4.79. The molecule has 0 bridgehead atoms. The van der Waals surface area contributed by atoms with Crippen LogP contribution in [-0.2, 0) is 14.9 Å². The largest absolute Gasteiger partial charge is 0.444 e. The van der Waals surface area contributed by atoms with Gasteiger partial charge in [0.25, 0.3) is 0 Å². The van der Waals surface area contributed by atoms with Gasteiger partial charge in [-0.3, -0.25) is 9.69 Å². The third kappa shape index (κ3) is 4.75. The van der Waals surface area contributed by atoms with Crippen LogP contribution >= 0.6 is 0 Å². The van der Waals surface area contributed by atoms with Gasteiger partial charge in [-0.25, -0.2) is 4.79 Å². The molecule has 7 nitrogen and oxygen atoms in total. The summed E-state index contributed by atoms with van der Waals surface area (Å²) in [4.78, 5) is 32.1. The van der Waals surface area contributed by atoms with Crippen molar-refractivity contribution in [1.82, 2.24) is 9.80 Å². The summed E-state index contributed by atoms with van der Waals surface area (Å²) in [5.41, 5.74) is 1.81. The summed E-state index contributed by atoms with van der Waals surface area (Å²) in [5.74, 6) is 0.0623. The zero-order chi connectivity index (χ0) is 23.8. The molecule has 2 heterocycles. The molecule has 0 saturated carbocycles. The van der Waals surface area contributed by atoms with Gasteiger partial charge in [0.15, 0.2) is 0 Å². The van der Waals surface area contributed by atoms with Gasteiger partial charge >= 0.3 is 6.09 Å². The Morgan fingerprint density at radius 2 is 1.97 bits per heavy atom. The highest BCUT2D eigenvalue weighted by Gasteiger charge is 2.42. The maximum atomic E-state index is 13.7. The van der Waals surface area contributed by atoms with E-state index in [4.69, 9.17) is 4.74 Å². The van der Waals surface area contributed by atoms with E-state index in [-0.39, 0.29) is 29.5 Å². The number of hydrogen-bond donors (Lipinski definition) is 0. The number of amides is 2. The van der Waals surface area contributed by atoms with E-state index in [0.717, 1.165) is 11.3 Å². The van der Waals surface area contributed by atoms with E-state index in [0.29, 0.717) is 38.2 Å². The zero-order valence-electron chi connectivity index (χ0n) is 20.4. The fourth-order valence-corrected chi connectivity index (χ4v) is 4.79. The first-order valence-electron chi connectivity index (χ1n) is 11.5. The number of rotatable bonds is 3. The topological polar surface area (TPSA) is 76.9 Å². The molecule has 3 rings (SSSR count). The lowest BCUT2D eigenvalue weighted by atomic mass is 9.86. The van der Waals surface area contributed by atoms with Gasteiger partial charge in [0.2, 0.25) is 5.91 Å². The SMILES string of the molecule is CC[C@@H](C(=O)N1CC(C)(C)c2ccc(C#N)cc21)N1CCN(C(=O)OC(C)(C)C)C(C)C1. The second-order valence-electron chi connectivity index (χ2n) is 10.6. The van der Waals surface area contributed by atoms with Crippen molar-refractivity contribution in [3.63, 3.8) is 0 Å². The molecule has 0 radical (unpaired) electrons. The van der Waals surface area contributed by atoms with Crippen LogP contribution in [0.5, 0.6) is 0 Å². The summed E-state index contributed by atoms with van der Waals surface area (Å²) in [6, 6.07) is 7.50. The van der Waals surface area contributed by atoms with Crippen LogP contribution in [0.25, 0.3) is 0 Å². The van der Waals surface area contributed by atoms with Crippen molar-refractivity contribution in [3.05, 3.63) is 29.3 Å². The van der Waals surface area contributed by atoms with Crippen molar-refractivity contribution < 1.29 is 14.3 Å². The first-order valence-corrected chi connectivity index (χ1v) is 11.5. The van der Waals surface area contributed by atoms with E-state index in [9.17, 15) is 14.9 Å². The van der Waals surface area contributed by atoms with Gasteiger partial charge in [-0.2, -0.15) is 5.26 Å². The molecule has 2 amide bonds. The Balaban J connectivity index is 1.77. The average molecular weight is 441 g/mol. The van der Waals surface area contributed by atoms with Gasteiger partial charge < -0.3 is 14.5 Å². The van der Waals surface area contributed by atoms with Crippen molar-refractivity contribution in [2.75, 3.05) is 31.1 Å². The number of carbonyl (C=O) groups excluding carboxylic acids is 2. The molecule has 2 atom stereocenters. The Kier molecular flexibility index (Phi) is 6.57. The number of fused-ring (bicyclic) bond motifs is 1. The molecule has 0 aliphatic carbocycles. The van der Waals surface area contributed by atoms with Crippen LogP contribution in [0.2, 0.25) is 0 Å². The predicted octanol–water partition coefficient (Wildman–Crippen LogP) is 3.90. The molecule has 7 heteroatoms. The molecule has 2 aliphatic heterocycles. The summed E-state index contributed by atoms with van der Waals surface area (Å²) in [7, 11) is 0. The minimum atomic E-state index is -0.534. The zero-order valence-corrected chi connectivity index (χ0v) is 20.4. The van der Waals surface area contributed by atoms with E-state index < -0.39 is 5.60 Å². The molecular weight excluding hydrogens is 404 g/mol. The minimum Gasteiger partial charge on any atom is -0.444 e. The lowest BCUT2D eigenvalue weighted by molar-refractivity contribution is -0.125. The van der Waals surface area contributed by atoms with Crippen LogP contribution in [0, 0.1) is 11.3 Å². The number of nitrogens with zero attached hydrogens (tertiary/aromatic N) is 4. The number of carbonyl (C=O) groups is 2. The molecule has 1 saturated heterocycles. The van der Waals surface area contributed by atoms with Crippen LogP contribution in [0.4, 0.5) is 10.5 Å². The second kappa shape index (κ2) is 8.74. The van der Waals surface area contributed by atoms with Crippen molar-refractivity contribution in [3.8, 4) is 6.07 Å².